The summed E-state index contributed by atoms with van der Waals surface area (Å²) in [4.78, 5) is 4.08. The molecule has 17 heavy (non-hydrogen) atoms. The van der Waals surface area contributed by atoms with Crippen LogP contribution in [0.5, 0.6) is 0 Å². The van der Waals surface area contributed by atoms with Crippen LogP contribution >= 0.6 is 0 Å². The second-order valence-corrected chi connectivity index (χ2v) is 4.15. The normalized spacial score (nSPS) is 10.6. The van der Waals surface area contributed by atoms with E-state index in [4.69, 9.17) is 5.84 Å². The number of pyridine rings is 1. The number of nitrogens with two attached hydrogens (primary N) is 1. The molecule has 0 saturated heterocycles. The highest BCUT2D eigenvalue weighted by atomic mass is 15.3. The van der Waals surface area contributed by atoms with Crippen LogP contribution < -0.4 is 11.3 Å². The van der Waals surface area contributed by atoms with E-state index in [9.17, 15) is 0 Å². The Morgan fingerprint density at radius 3 is 2.71 bits per heavy atom. The zero-order valence-electron chi connectivity index (χ0n) is 10.4. The third kappa shape index (κ3) is 2.29. The van der Waals surface area contributed by atoms with Gasteiger partial charge in [-0.25, -0.2) is 10.8 Å². The average Bonchev–Trinajstić information content (AvgIpc) is 2.57. The lowest BCUT2D eigenvalue weighted by Crippen LogP contribution is -2.10. The Hall–Kier alpha value is -1.88. The predicted octanol–water partition coefficient (Wildman–Crippen LogP) is 1.54. The Morgan fingerprint density at radius 1 is 1.35 bits per heavy atom. The third-order valence-corrected chi connectivity index (χ3v) is 3.05. The molecule has 0 spiro atoms. The molecule has 2 heterocycles. The van der Waals surface area contributed by atoms with Gasteiger partial charge in [0.25, 0.3) is 0 Å². The van der Waals surface area contributed by atoms with Crippen molar-refractivity contribution in [2.24, 2.45) is 5.84 Å². The van der Waals surface area contributed by atoms with Crippen molar-refractivity contribution in [3.8, 4) is 0 Å². The summed E-state index contributed by atoms with van der Waals surface area (Å²) in [7, 11) is 0. The van der Waals surface area contributed by atoms with Crippen molar-refractivity contribution in [1.29, 1.82) is 0 Å². The quantitative estimate of drug-likeness (QED) is 0.621. The molecule has 5 heteroatoms. The van der Waals surface area contributed by atoms with Gasteiger partial charge in [-0.15, -0.1) is 0 Å². The van der Waals surface area contributed by atoms with E-state index in [2.05, 4.69) is 29.4 Å². The molecule has 0 aliphatic carbocycles. The fourth-order valence-electron chi connectivity index (χ4n) is 1.76. The van der Waals surface area contributed by atoms with Crippen molar-refractivity contribution in [2.45, 2.75) is 27.3 Å². The fourth-order valence-corrected chi connectivity index (χ4v) is 1.76. The molecule has 0 radical (unpaired) electrons. The van der Waals surface area contributed by atoms with Crippen LogP contribution in [0.2, 0.25) is 0 Å². The Kier molecular flexibility index (Phi) is 3.10. The minimum atomic E-state index is 0.667. The van der Waals surface area contributed by atoms with E-state index in [0.29, 0.717) is 5.82 Å². The summed E-state index contributed by atoms with van der Waals surface area (Å²) in [5.74, 6) is 6.00. The zero-order chi connectivity index (χ0) is 12.4. The lowest BCUT2D eigenvalue weighted by Gasteiger charge is -2.06. The molecule has 0 unspecified atom stereocenters. The maximum atomic E-state index is 5.34. The zero-order valence-corrected chi connectivity index (χ0v) is 10.4. The largest absolute Gasteiger partial charge is 0.308 e. The van der Waals surface area contributed by atoms with Crippen molar-refractivity contribution in [3.63, 3.8) is 0 Å². The number of nitrogens with one attached hydrogen (secondary N) is 1. The van der Waals surface area contributed by atoms with Gasteiger partial charge in [-0.2, -0.15) is 5.10 Å². The van der Waals surface area contributed by atoms with Crippen LogP contribution in [0.3, 0.4) is 0 Å². The van der Waals surface area contributed by atoms with Crippen LogP contribution in [0.15, 0.2) is 18.3 Å². The van der Waals surface area contributed by atoms with Crippen molar-refractivity contribution in [1.82, 2.24) is 14.8 Å². The Balaban J connectivity index is 2.28. The van der Waals surface area contributed by atoms with Crippen LogP contribution in [0.1, 0.15) is 22.5 Å². The number of aryl methyl sites for hydroxylation is 1. The van der Waals surface area contributed by atoms with Crippen molar-refractivity contribution in [3.05, 3.63) is 40.8 Å². The first-order valence-corrected chi connectivity index (χ1v) is 5.54. The molecule has 90 valence electrons. The molecule has 0 fully saturated rings. The first-order chi connectivity index (χ1) is 8.11. The Bertz CT molecular complexity index is 530. The van der Waals surface area contributed by atoms with Crippen LogP contribution in [0.25, 0.3) is 0 Å². The highest BCUT2D eigenvalue weighted by molar-refractivity contribution is 5.36. The van der Waals surface area contributed by atoms with Gasteiger partial charge in [0.05, 0.1) is 12.2 Å². The lowest BCUT2D eigenvalue weighted by molar-refractivity contribution is 0.658. The Morgan fingerprint density at radius 2 is 2.12 bits per heavy atom. The van der Waals surface area contributed by atoms with E-state index in [-0.39, 0.29) is 0 Å². The minimum absolute atomic E-state index is 0.667. The fraction of sp³-hybridized carbons (Fsp3) is 0.333. The molecule has 0 aromatic carbocycles. The van der Waals surface area contributed by atoms with Gasteiger partial charge < -0.3 is 5.43 Å². The molecular formula is C12H17N5. The summed E-state index contributed by atoms with van der Waals surface area (Å²) in [5, 5.41) is 4.51. The number of rotatable bonds is 3. The molecule has 0 aliphatic rings. The van der Waals surface area contributed by atoms with E-state index in [0.717, 1.165) is 17.8 Å². The van der Waals surface area contributed by atoms with E-state index >= 15 is 0 Å². The molecule has 2 aromatic heterocycles. The second-order valence-electron chi connectivity index (χ2n) is 4.15. The smallest absolute Gasteiger partial charge is 0.140 e. The molecule has 5 nitrogen and oxygen atoms in total. The predicted molar refractivity (Wildman–Crippen MR) is 67.6 cm³/mol. The highest BCUT2D eigenvalue weighted by Gasteiger charge is 2.07. The SMILES string of the molecule is Cc1nn(Cc2ccnc(NN)c2)c(C)c1C. The Labute approximate surface area is 101 Å². The number of aromatic nitrogens is 3. The van der Waals surface area contributed by atoms with Crippen LogP contribution in [-0.2, 0) is 6.54 Å². The van der Waals surface area contributed by atoms with E-state index in [1.807, 2.05) is 23.7 Å². The summed E-state index contributed by atoms with van der Waals surface area (Å²) in [6.45, 7) is 6.93. The first kappa shape index (κ1) is 11.6. The summed E-state index contributed by atoms with van der Waals surface area (Å²) < 4.78 is 2.00. The van der Waals surface area contributed by atoms with E-state index < -0.39 is 0 Å². The maximum absolute atomic E-state index is 5.34. The van der Waals surface area contributed by atoms with Gasteiger partial charge in [-0.3, -0.25) is 4.68 Å². The average molecular weight is 231 g/mol. The molecular weight excluding hydrogens is 214 g/mol. The number of hydrogen-bond acceptors (Lipinski definition) is 4. The lowest BCUT2D eigenvalue weighted by atomic mass is 10.2. The van der Waals surface area contributed by atoms with E-state index in [1.54, 1.807) is 6.20 Å². The van der Waals surface area contributed by atoms with E-state index in [1.165, 1.54) is 11.3 Å². The summed E-state index contributed by atoms with van der Waals surface area (Å²) >= 11 is 0. The van der Waals surface area contributed by atoms with Gasteiger partial charge in [0, 0.05) is 11.9 Å². The van der Waals surface area contributed by atoms with Gasteiger partial charge in [0.15, 0.2) is 0 Å². The van der Waals surface area contributed by atoms with Crippen LogP contribution in [-0.4, -0.2) is 14.8 Å². The maximum Gasteiger partial charge on any atom is 0.140 e. The summed E-state index contributed by atoms with van der Waals surface area (Å²) in [5.41, 5.74) is 7.19. The summed E-state index contributed by atoms with van der Waals surface area (Å²) in [6.07, 6.45) is 1.74. The molecule has 0 atom stereocenters. The topological polar surface area (TPSA) is 68.8 Å². The monoisotopic (exact) mass is 231 g/mol. The number of hydrazine groups is 1. The van der Waals surface area contributed by atoms with Gasteiger partial charge in [0.1, 0.15) is 5.82 Å². The first-order valence-electron chi connectivity index (χ1n) is 5.54. The highest BCUT2D eigenvalue weighted by Crippen LogP contribution is 2.14. The van der Waals surface area contributed by atoms with Gasteiger partial charge >= 0.3 is 0 Å². The molecule has 2 aromatic rings. The number of nitrogen functional groups attached to an aromatic ring is 1. The van der Waals surface area contributed by atoms with Crippen molar-refractivity contribution in [2.75, 3.05) is 5.43 Å². The van der Waals surface area contributed by atoms with Crippen molar-refractivity contribution < 1.29 is 0 Å². The second kappa shape index (κ2) is 4.55. The molecule has 0 amide bonds. The number of anilines is 1. The number of hydrogen-bond donors (Lipinski definition) is 2. The molecule has 0 saturated carbocycles. The third-order valence-electron chi connectivity index (χ3n) is 3.05. The number of nitrogens with zero attached hydrogens (tertiary/aromatic N) is 3. The molecule has 0 aliphatic heterocycles. The standard InChI is InChI=1S/C12H17N5/c1-8-9(2)16-17(10(8)3)7-11-4-5-14-12(6-11)15-13/h4-6H,7,13H2,1-3H3,(H,14,15). The molecule has 3 N–H and O–H groups in total. The van der Waals surface area contributed by atoms with Gasteiger partial charge in [-0.05, 0) is 44.0 Å². The van der Waals surface area contributed by atoms with Gasteiger partial charge in [0.2, 0.25) is 0 Å². The van der Waals surface area contributed by atoms with Gasteiger partial charge in [-0.1, -0.05) is 0 Å². The summed E-state index contributed by atoms with van der Waals surface area (Å²) in [6, 6.07) is 3.89. The van der Waals surface area contributed by atoms with Crippen LogP contribution in [0.4, 0.5) is 5.82 Å². The van der Waals surface area contributed by atoms with Crippen LogP contribution in [0, 0.1) is 20.8 Å². The molecule has 2 rings (SSSR count). The minimum Gasteiger partial charge on any atom is -0.308 e. The molecule has 0 bridgehead atoms. The van der Waals surface area contributed by atoms with Crippen molar-refractivity contribution >= 4 is 5.82 Å².